The molecule has 2 aromatic heterocycles. The van der Waals surface area contributed by atoms with Gasteiger partial charge in [0, 0.05) is 44.0 Å². The van der Waals surface area contributed by atoms with Crippen LogP contribution in [0.15, 0.2) is 42.6 Å². The Morgan fingerprint density at radius 3 is 2.92 bits per heavy atom. The van der Waals surface area contributed by atoms with Crippen LogP contribution in [0, 0.1) is 11.3 Å². The highest BCUT2D eigenvalue weighted by molar-refractivity contribution is 5.42. The molecule has 0 aliphatic carbocycles. The maximum atomic E-state index is 10.6. The van der Waals surface area contributed by atoms with E-state index in [1.807, 2.05) is 36.5 Å². The van der Waals surface area contributed by atoms with Gasteiger partial charge in [0.1, 0.15) is 17.6 Å². The molecular weight excluding hydrogens is 314 g/mol. The van der Waals surface area contributed by atoms with Crippen molar-refractivity contribution in [3.63, 3.8) is 0 Å². The van der Waals surface area contributed by atoms with Crippen LogP contribution in [-0.2, 0) is 6.42 Å². The molecule has 1 saturated heterocycles. The number of aliphatic hydroxyl groups excluding tert-OH is 1. The van der Waals surface area contributed by atoms with Gasteiger partial charge in [0.05, 0.1) is 6.10 Å². The molecule has 1 aliphatic heterocycles. The molecule has 2 aromatic rings. The van der Waals surface area contributed by atoms with Gasteiger partial charge >= 0.3 is 0 Å². The summed E-state index contributed by atoms with van der Waals surface area (Å²) in [5.74, 6) is 0.757. The third-order valence-electron chi connectivity index (χ3n) is 4.73. The van der Waals surface area contributed by atoms with E-state index in [-0.39, 0.29) is 6.04 Å². The van der Waals surface area contributed by atoms with E-state index < -0.39 is 6.10 Å². The van der Waals surface area contributed by atoms with Gasteiger partial charge in [-0.15, -0.1) is 0 Å². The molecule has 0 aromatic carbocycles. The van der Waals surface area contributed by atoms with Crippen LogP contribution in [0.4, 0.5) is 5.82 Å². The summed E-state index contributed by atoms with van der Waals surface area (Å²) in [5.41, 5.74) is 1.47. The Labute approximate surface area is 148 Å². The number of rotatable bonds is 5. The summed E-state index contributed by atoms with van der Waals surface area (Å²) in [4.78, 5) is 12.9. The Morgan fingerprint density at radius 2 is 2.20 bits per heavy atom. The molecule has 0 unspecified atom stereocenters. The highest BCUT2D eigenvalue weighted by atomic mass is 16.3. The van der Waals surface area contributed by atoms with Crippen LogP contribution >= 0.6 is 0 Å². The number of likely N-dealkylation sites (N-methyl/N-ethyl adjacent to an activating group) is 1. The molecule has 0 spiro atoms. The molecule has 0 radical (unpaired) electrons. The molecule has 3 heterocycles. The molecule has 0 bridgehead atoms. The van der Waals surface area contributed by atoms with E-state index >= 15 is 0 Å². The molecule has 6 heteroatoms. The second-order valence-electron chi connectivity index (χ2n) is 6.41. The average Bonchev–Trinajstić information content (AvgIpc) is 2.67. The molecule has 0 saturated carbocycles. The van der Waals surface area contributed by atoms with Crippen molar-refractivity contribution >= 4 is 5.82 Å². The second kappa shape index (κ2) is 8.06. The Hall–Kier alpha value is -2.49. The van der Waals surface area contributed by atoms with Gasteiger partial charge in [0.25, 0.3) is 0 Å². The fourth-order valence-corrected chi connectivity index (χ4v) is 3.31. The summed E-state index contributed by atoms with van der Waals surface area (Å²) >= 11 is 0. The molecule has 2 atom stereocenters. The zero-order valence-electron chi connectivity index (χ0n) is 14.4. The first-order valence-electron chi connectivity index (χ1n) is 8.57. The van der Waals surface area contributed by atoms with Crippen LogP contribution in [0.3, 0.4) is 0 Å². The fraction of sp³-hybridized carbons (Fsp3) is 0.421. The van der Waals surface area contributed by atoms with E-state index in [1.54, 1.807) is 6.07 Å². The van der Waals surface area contributed by atoms with E-state index in [2.05, 4.69) is 32.9 Å². The third-order valence-corrected chi connectivity index (χ3v) is 4.73. The highest BCUT2D eigenvalue weighted by Crippen LogP contribution is 2.21. The van der Waals surface area contributed by atoms with Gasteiger partial charge in [0.15, 0.2) is 0 Å². The lowest BCUT2D eigenvalue weighted by atomic mass is 10.00. The predicted octanol–water partition coefficient (Wildman–Crippen LogP) is 1.46. The quantitative estimate of drug-likeness (QED) is 0.890. The third kappa shape index (κ3) is 4.32. The van der Waals surface area contributed by atoms with E-state index in [0.29, 0.717) is 12.2 Å². The maximum Gasteiger partial charge on any atom is 0.142 e. The molecule has 0 amide bonds. The van der Waals surface area contributed by atoms with E-state index in [9.17, 15) is 5.11 Å². The Balaban J connectivity index is 1.56. The number of nitriles is 1. The second-order valence-corrected chi connectivity index (χ2v) is 6.41. The van der Waals surface area contributed by atoms with E-state index in [1.165, 1.54) is 0 Å². The maximum absolute atomic E-state index is 10.6. The summed E-state index contributed by atoms with van der Waals surface area (Å²) < 4.78 is 0. The van der Waals surface area contributed by atoms with Gasteiger partial charge in [-0.2, -0.15) is 5.26 Å². The van der Waals surface area contributed by atoms with Crippen molar-refractivity contribution in [2.45, 2.75) is 25.0 Å². The van der Waals surface area contributed by atoms with Crippen molar-refractivity contribution < 1.29 is 5.11 Å². The van der Waals surface area contributed by atoms with Gasteiger partial charge < -0.3 is 14.9 Å². The minimum atomic E-state index is -0.449. The molecule has 3 rings (SSSR count). The van der Waals surface area contributed by atoms with Gasteiger partial charge in [-0.25, -0.2) is 4.98 Å². The number of piperidine rings is 1. The number of β-amino-alcohol motifs (C(OH)–C–C–N with tert-alkyl or cyclic N) is 1. The number of hydrogen-bond donors (Lipinski definition) is 1. The number of anilines is 1. The first-order chi connectivity index (χ1) is 12.2. The summed E-state index contributed by atoms with van der Waals surface area (Å²) in [7, 11) is 2.06. The summed E-state index contributed by atoms with van der Waals surface area (Å²) in [5, 5.41) is 19.6. The fourth-order valence-electron chi connectivity index (χ4n) is 3.31. The lowest BCUT2D eigenvalue weighted by Gasteiger charge is -2.40. The standard InChI is InChI=1S/C19H23N5O/c1-23(11-8-15-5-2-3-10-21-15)17-9-12-24(14-18(17)25)19-7-4-6-16(13-20)22-19/h2-7,10,17-18,25H,8-9,11-12,14H2,1H3/t17-,18-/m1/s1. The van der Waals surface area contributed by atoms with Crippen molar-refractivity contribution in [2.24, 2.45) is 0 Å². The van der Waals surface area contributed by atoms with Crippen LogP contribution < -0.4 is 4.90 Å². The van der Waals surface area contributed by atoms with Crippen molar-refractivity contribution in [2.75, 3.05) is 31.6 Å². The van der Waals surface area contributed by atoms with Crippen molar-refractivity contribution in [1.82, 2.24) is 14.9 Å². The van der Waals surface area contributed by atoms with E-state index in [4.69, 9.17) is 5.26 Å². The van der Waals surface area contributed by atoms with Crippen LogP contribution in [-0.4, -0.2) is 58.8 Å². The lowest BCUT2D eigenvalue weighted by Crippen LogP contribution is -2.53. The van der Waals surface area contributed by atoms with Crippen molar-refractivity contribution in [1.29, 1.82) is 5.26 Å². The van der Waals surface area contributed by atoms with Crippen LogP contribution in [0.25, 0.3) is 0 Å². The minimum Gasteiger partial charge on any atom is -0.390 e. The average molecular weight is 337 g/mol. The molecule has 25 heavy (non-hydrogen) atoms. The molecule has 1 fully saturated rings. The van der Waals surface area contributed by atoms with Crippen LogP contribution in [0.2, 0.25) is 0 Å². The summed E-state index contributed by atoms with van der Waals surface area (Å²) in [6.45, 7) is 2.21. The molecule has 6 nitrogen and oxygen atoms in total. The van der Waals surface area contributed by atoms with Crippen LogP contribution in [0.5, 0.6) is 0 Å². The molecular formula is C19H23N5O. The number of aliphatic hydroxyl groups is 1. The minimum absolute atomic E-state index is 0.124. The normalized spacial score (nSPS) is 20.5. The van der Waals surface area contributed by atoms with Gasteiger partial charge in [0.2, 0.25) is 0 Å². The SMILES string of the molecule is CN(CCc1ccccn1)[C@@H]1CCN(c2cccc(C#N)n2)C[C@H]1O. The highest BCUT2D eigenvalue weighted by Gasteiger charge is 2.31. The van der Waals surface area contributed by atoms with Gasteiger partial charge in [-0.05, 0) is 37.7 Å². The number of nitrogens with zero attached hydrogens (tertiary/aromatic N) is 5. The summed E-state index contributed by atoms with van der Waals surface area (Å²) in [6.07, 6.45) is 3.09. The predicted molar refractivity (Wildman–Crippen MR) is 96.1 cm³/mol. The Bertz CT molecular complexity index is 730. The van der Waals surface area contributed by atoms with Crippen molar-refractivity contribution in [3.8, 4) is 6.07 Å². The lowest BCUT2D eigenvalue weighted by molar-refractivity contribution is 0.0508. The largest absolute Gasteiger partial charge is 0.390 e. The monoisotopic (exact) mass is 337 g/mol. The van der Waals surface area contributed by atoms with Crippen LogP contribution in [0.1, 0.15) is 17.8 Å². The molecule has 1 N–H and O–H groups in total. The number of aromatic nitrogens is 2. The smallest absolute Gasteiger partial charge is 0.142 e. The molecule has 1 aliphatic rings. The number of hydrogen-bond acceptors (Lipinski definition) is 6. The first-order valence-corrected chi connectivity index (χ1v) is 8.57. The first kappa shape index (κ1) is 17.3. The molecule has 130 valence electrons. The Kier molecular flexibility index (Phi) is 5.59. The summed E-state index contributed by atoms with van der Waals surface area (Å²) in [6, 6.07) is 13.5. The topological polar surface area (TPSA) is 76.3 Å². The zero-order chi connectivity index (χ0) is 17.6. The van der Waals surface area contributed by atoms with Crippen molar-refractivity contribution in [3.05, 3.63) is 54.0 Å². The van der Waals surface area contributed by atoms with E-state index in [0.717, 1.165) is 37.4 Å². The number of pyridine rings is 2. The Morgan fingerprint density at radius 1 is 1.32 bits per heavy atom. The van der Waals surface area contributed by atoms with Gasteiger partial charge in [-0.3, -0.25) is 4.98 Å². The zero-order valence-corrected chi connectivity index (χ0v) is 14.4. The van der Waals surface area contributed by atoms with Gasteiger partial charge in [-0.1, -0.05) is 12.1 Å².